The van der Waals surface area contributed by atoms with Crippen LogP contribution in [0.2, 0.25) is 0 Å². The van der Waals surface area contributed by atoms with Crippen molar-refractivity contribution >= 4 is 12.0 Å². The smallest absolute Gasteiger partial charge is 0.326 e. The lowest BCUT2D eigenvalue weighted by atomic mass is 10.3. The third kappa shape index (κ3) is 4.64. The first kappa shape index (κ1) is 13.7. The minimum absolute atomic E-state index is 0.0949. The second-order valence-electron chi connectivity index (χ2n) is 3.36. The first-order valence-corrected chi connectivity index (χ1v) is 4.66. The summed E-state index contributed by atoms with van der Waals surface area (Å²) in [6.45, 7) is 3.61. The number of amides is 2. The van der Waals surface area contributed by atoms with Gasteiger partial charge in [0.15, 0.2) is 0 Å². The number of hydrogen-bond acceptors (Lipinski definition) is 3. The van der Waals surface area contributed by atoms with E-state index in [0.717, 1.165) is 4.90 Å². The van der Waals surface area contributed by atoms with Crippen molar-refractivity contribution in [2.45, 2.75) is 26.0 Å². The molecule has 88 valence electrons. The summed E-state index contributed by atoms with van der Waals surface area (Å²) in [5.41, 5.74) is 0. The van der Waals surface area contributed by atoms with Gasteiger partial charge >= 0.3 is 12.0 Å². The molecule has 2 N–H and O–H groups in total. The largest absolute Gasteiger partial charge is 0.480 e. The Hall–Kier alpha value is -1.30. The fraction of sp³-hybridized carbons (Fsp3) is 0.778. The highest BCUT2D eigenvalue weighted by Crippen LogP contribution is 1.96. The number of carboxylic acid groups (broad SMARTS) is 1. The van der Waals surface area contributed by atoms with E-state index in [9.17, 15) is 9.59 Å². The van der Waals surface area contributed by atoms with Crippen molar-refractivity contribution in [3.63, 3.8) is 0 Å². The zero-order valence-corrected chi connectivity index (χ0v) is 9.48. The van der Waals surface area contributed by atoms with Gasteiger partial charge < -0.3 is 20.1 Å². The molecule has 0 bridgehead atoms. The molecule has 0 rings (SSSR count). The Morgan fingerprint density at radius 1 is 1.47 bits per heavy atom. The SMILES string of the molecule is COC(C)CNC(=O)N(C)C(C)C(=O)O. The molecule has 0 aliphatic rings. The summed E-state index contributed by atoms with van der Waals surface area (Å²) in [6.07, 6.45) is -0.0949. The summed E-state index contributed by atoms with van der Waals surface area (Å²) in [7, 11) is 2.98. The number of likely N-dealkylation sites (N-methyl/N-ethyl adjacent to an activating group) is 1. The van der Waals surface area contributed by atoms with Crippen LogP contribution >= 0.6 is 0 Å². The normalized spacial score (nSPS) is 14.1. The predicted octanol–water partition coefficient (Wildman–Crippen LogP) is 0.136. The molecule has 0 aromatic carbocycles. The molecule has 2 unspecified atom stereocenters. The summed E-state index contributed by atoms with van der Waals surface area (Å²) in [5.74, 6) is -1.03. The van der Waals surface area contributed by atoms with Crippen molar-refractivity contribution in [2.75, 3.05) is 20.7 Å². The Labute approximate surface area is 89.2 Å². The van der Waals surface area contributed by atoms with E-state index in [1.54, 1.807) is 14.0 Å². The maximum Gasteiger partial charge on any atom is 0.326 e. The van der Waals surface area contributed by atoms with Gasteiger partial charge in [-0.3, -0.25) is 0 Å². The van der Waals surface area contributed by atoms with Crippen LogP contribution in [0.5, 0.6) is 0 Å². The quantitative estimate of drug-likeness (QED) is 0.687. The number of aliphatic carboxylic acids is 1. The number of rotatable bonds is 5. The topological polar surface area (TPSA) is 78.9 Å². The van der Waals surface area contributed by atoms with Gasteiger partial charge in [-0.1, -0.05) is 0 Å². The zero-order chi connectivity index (χ0) is 12.0. The van der Waals surface area contributed by atoms with Crippen LogP contribution in [0, 0.1) is 0 Å². The second kappa shape index (κ2) is 6.23. The Bertz CT molecular complexity index is 232. The molecule has 0 aliphatic carbocycles. The van der Waals surface area contributed by atoms with Crippen LogP contribution in [0.1, 0.15) is 13.8 Å². The van der Waals surface area contributed by atoms with Crippen molar-refractivity contribution < 1.29 is 19.4 Å². The van der Waals surface area contributed by atoms with E-state index < -0.39 is 18.0 Å². The van der Waals surface area contributed by atoms with E-state index in [1.165, 1.54) is 14.0 Å². The maximum absolute atomic E-state index is 11.4. The van der Waals surface area contributed by atoms with Gasteiger partial charge in [-0.25, -0.2) is 9.59 Å². The number of nitrogens with zero attached hydrogens (tertiary/aromatic N) is 1. The van der Waals surface area contributed by atoms with Gasteiger partial charge in [0, 0.05) is 20.7 Å². The van der Waals surface area contributed by atoms with Gasteiger partial charge in [0.2, 0.25) is 0 Å². The number of urea groups is 1. The zero-order valence-electron chi connectivity index (χ0n) is 9.48. The van der Waals surface area contributed by atoms with E-state index in [2.05, 4.69) is 5.32 Å². The molecular formula is C9H18N2O4. The highest BCUT2D eigenvalue weighted by atomic mass is 16.5. The molecule has 6 heteroatoms. The number of methoxy groups -OCH3 is 1. The lowest BCUT2D eigenvalue weighted by Gasteiger charge is -2.22. The van der Waals surface area contributed by atoms with Gasteiger partial charge in [0.05, 0.1) is 6.10 Å². The number of carbonyl (C=O) groups excluding carboxylic acids is 1. The number of hydrogen-bond donors (Lipinski definition) is 2. The molecular weight excluding hydrogens is 200 g/mol. The van der Waals surface area contributed by atoms with Gasteiger partial charge in [-0.15, -0.1) is 0 Å². The van der Waals surface area contributed by atoms with Gasteiger partial charge in [-0.2, -0.15) is 0 Å². The molecule has 0 radical (unpaired) electrons. The van der Waals surface area contributed by atoms with Crippen LogP contribution in [-0.4, -0.2) is 54.9 Å². The molecule has 0 heterocycles. The van der Waals surface area contributed by atoms with Crippen LogP contribution < -0.4 is 5.32 Å². The third-order valence-electron chi connectivity index (χ3n) is 2.20. The summed E-state index contributed by atoms with van der Waals surface area (Å²) in [6, 6.07) is -1.27. The molecule has 6 nitrogen and oxygen atoms in total. The van der Waals surface area contributed by atoms with Crippen LogP contribution in [0.25, 0.3) is 0 Å². The second-order valence-corrected chi connectivity index (χ2v) is 3.36. The Morgan fingerprint density at radius 2 is 2.00 bits per heavy atom. The minimum atomic E-state index is -1.03. The van der Waals surface area contributed by atoms with Crippen LogP contribution in [-0.2, 0) is 9.53 Å². The Kier molecular flexibility index (Phi) is 5.69. The number of carbonyl (C=O) groups is 2. The van der Waals surface area contributed by atoms with Crippen molar-refractivity contribution in [3.8, 4) is 0 Å². The fourth-order valence-corrected chi connectivity index (χ4v) is 0.781. The molecule has 2 atom stereocenters. The fourth-order valence-electron chi connectivity index (χ4n) is 0.781. The third-order valence-corrected chi connectivity index (χ3v) is 2.20. The van der Waals surface area contributed by atoms with E-state index in [4.69, 9.17) is 9.84 Å². The van der Waals surface area contributed by atoms with Gasteiger partial charge in [0.1, 0.15) is 6.04 Å². The minimum Gasteiger partial charge on any atom is -0.480 e. The summed E-state index contributed by atoms with van der Waals surface area (Å²) >= 11 is 0. The summed E-state index contributed by atoms with van der Waals surface area (Å²) < 4.78 is 4.94. The van der Waals surface area contributed by atoms with Crippen molar-refractivity contribution in [2.24, 2.45) is 0 Å². The van der Waals surface area contributed by atoms with Crippen LogP contribution in [0.4, 0.5) is 4.79 Å². The van der Waals surface area contributed by atoms with E-state index in [0.29, 0.717) is 6.54 Å². The first-order chi connectivity index (χ1) is 6.90. The molecule has 2 amide bonds. The van der Waals surface area contributed by atoms with Crippen LogP contribution in [0.3, 0.4) is 0 Å². The summed E-state index contributed by atoms with van der Waals surface area (Å²) in [4.78, 5) is 23.1. The maximum atomic E-state index is 11.4. The molecule has 0 aliphatic heterocycles. The molecule has 0 saturated carbocycles. The van der Waals surface area contributed by atoms with Crippen LogP contribution in [0.15, 0.2) is 0 Å². The molecule has 0 fully saturated rings. The van der Waals surface area contributed by atoms with Gasteiger partial charge in [0.25, 0.3) is 0 Å². The van der Waals surface area contributed by atoms with E-state index in [-0.39, 0.29) is 6.10 Å². The molecule has 0 aromatic rings. The number of nitrogens with one attached hydrogen (secondary N) is 1. The van der Waals surface area contributed by atoms with Crippen molar-refractivity contribution in [1.29, 1.82) is 0 Å². The van der Waals surface area contributed by atoms with Crippen molar-refractivity contribution in [1.82, 2.24) is 10.2 Å². The Balaban J connectivity index is 4.05. The number of ether oxygens (including phenoxy) is 1. The van der Waals surface area contributed by atoms with Crippen molar-refractivity contribution in [3.05, 3.63) is 0 Å². The summed E-state index contributed by atoms with van der Waals surface area (Å²) in [5, 5.41) is 11.2. The van der Waals surface area contributed by atoms with E-state index >= 15 is 0 Å². The van der Waals surface area contributed by atoms with Gasteiger partial charge in [-0.05, 0) is 13.8 Å². The molecule has 15 heavy (non-hydrogen) atoms. The standard InChI is InChI=1S/C9H18N2O4/c1-6(15-4)5-10-9(14)11(3)7(2)8(12)13/h6-7H,5H2,1-4H3,(H,10,14)(H,12,13). The predicted molar refractivity (Wildman–Crippen MR) is 54.7 cm³/mol. The lowest BCUT2D eigenvalue weighted by Crippen LogP contribution is -2.47. The highest BCUT2D eigenvalue weighted by molar-refractivity contribution is 5.82. The average Bonchev–Trinajstić information content (AvgIpc) is 2.22. The number of carboxylic acids is 1. The molecule has 0 saturated heterocycles. The molecule has 0 aromatic heterocycles. The monoisotopic (exact) mass is 218 g/mol. The lowest BCUT2D eigenvalue weighted by molar-refractivity contribution is -0.141. The average molecular weight is 218 g/mol. The Morgan fingerprint density at radius 3 is 2.40 bits per heavy atom. The first-order valence-electron chi connectivity index (χ1n) is 4.66. The highest BCUT2D eigenvalue weighted by Gasteiger charge is 2.21. The molecule has 0 spiro atoms. The van der Waals surface area contributed by atoms with E-state index in [1.807, 2.05) is 0 Å².